The molecule has 1 fully saturated rings. The lowest BCUT2D eigenvalue weighted by molar-refractivity contribution is 0.116. The molecule has 1 aliphatic rings. The van der Waals surface area contributed by atoms with Gasteiger partial charge in [0.05, 0.1) is 6.10 Å². The summed E-state index contributed by atoms with van der Waals surface area (Å²) >= 11 is 0. The molecule has 1 unspecified atom stereocenters. The van der Waals surface area contributed by atoms with Crippen LogP contribution in [0.1, 0.15) is 39.5 Å². The maximum absolute atomic E-state index is 9.42. The van der Waals surface area contributed by atoms with Crippen LogP contribution < -0.4 is 5.32 Å². The van der Waals surface area contributed by atoms with Gasteiger partial charge in [-0.15, -0.1) is 0 Å². The number of hydrogen-bond donors (Lipinski definition) is 2. The van der Waals surface area contributed by atoms with Crippen molar-refractivity contribution in [3.05, 3.63) is 0 Å². The highest BCUT2D eigenvalue weighted by atomic mass is 16.3. The first-order valence-electron chi connectivity index (χ1n) is 6.36. The number of nitrogens with one attached hydrogen (secondary N) is 1. The molecule has 0 aromatic heterocycles. The molecule has 0 bridgehead atoms. The van der Waals surface area contributed by atoms with Crippen molar-refractivity contribution in [3.8, 4) is 0 Å². The van der Waals surface area contributed by atoms with E-state index in [9.17, 15) is 5.11 Å². The van der Waals surface area contributed by atoms with E-state index in [4.69, 9.17) is 0 Å². The van der Waals surface area contributed by atoms with Gasteiger partial charge in [-0.2, -0.15) is 0 Å². The fourth-order valence-corrected chi connectivity index (χ4v) is 2.34. The first-order valence-corrected chi connectivity index (χ1v) is 6.36. The minimum Gasteiger partial charge on any atom is -0.392 e. The summed E-state index contributed by atoms with van der Waals surface area (Å²) in [5.74, 6) is 0. The summed E-state index contributed by atoms with van der Waals surface area (Å²) < 4.78 is 0. The fraction of sp³-hybridized carbons (Fsp3) is 1.00. The third-order valence-electron chi connectivity index (χ3n) is 2.95. The summed E-state index contributed by atoms with van der Waals surface area (Å²) in [7, 11) is 0. The number of rotatable bonds is 6. The first-order chi connectivity index (χ1) is 7.22. The molecule has 0 spiro atoms. The van der Waals surface area contributed by atoms with Gasteiger partial charge in [0.15, 0.2) is 0 Å². The Morgan fingerprint density at radius 3 is 2.80 bits per heavy atom. The predicted molar refractivity (Wildman–Crippen MR) is 64.1 cm³/mol. The van der Waals surface area contributed by atoms with Crippen LogP contribution in [0.15, 0.2) is 0 Å². The van der Waals surface area contributed by atoms with Crippen LogP contribution in [0.4, 0.5) is 0 Å². The van der Waals surface area contributed by atoms with Crippen LogP contribution in [0.3, 0.4) is 0 Å². The number of piperidine rings is 1. The highest BCUT2D eigenvalue weighted by Gasteiger charge is 2.16. The van der Waals surface area contributed by atoms with Crippen molar-refractivity contribution in [3.63, 3.8) is 0 Å². The Balaban J connectivity index is 2.28. The van der Waals surface area contributed by atoms with Gasteiger partial charge in [0.2, 0.25) is 0 Å². The van der Waals surface area contributed by atoms with E-state index in [0.29, 0.717) is 6.04 Å². The van der Waals surface area contributed by atoms with E-state index in [1.165, 1.54) is 32.2 Å². The smallest absolute Gasteiger partial charge is 0.0639 e. The topological polar surface area (TPSA) is 35.5 Å². The van der Waals surface area contributed by atoms with Crippen molar-refractivity contribution in [2.75, 3.05) is 26.2 Å². The summed E-state index contributed by atoms with van der Waals surface area (Å²) in [5.41, 5.74) is 0. The van der Waals surface area contributed by atoms with Crippen LogP contribution in [-0.2, 0) is 0 Å². The van der Waals surface area contributed by atoms with Crippen LogP contribution in [0.5, 0.6) is 0 Å². The monoisotopic (exact) mass is 214 g/mol. The average molecular weight is 214 g/mol. The second-order valence-electron chi connectivity index (χ2n) is 4.76. The second-order valence-corrected chi connectivity index (χ2v) is 4.76. The van der Waals surface area contributed by atoms with Crippen molar-refractivity contribution in [1.82, 2.24) is 10.2 Å². The molecule has 3 heteroatoms. The van der Waals surface area contributed by atoms with Crippen molar-refractivity contribution < 1.29 is 5.11 Å². The van der Waals surface area contributed by atoms with Gasteiger partial charge in [0.25, 0.3) is 0 Å². The highest BCUT2D eigenvalue weighted by molar-refractivity contribution is 4.76. The summed E-state index contributed by atoms with van der Waals surface area (Å²) in [6, 6.07) is 0.643. The largest absolute Gasteiger partial charge is 0.392 e. The van der Waals surface area contributed by atoms with Gasteiger partial charge in [-0.25, -0.2) is 0 Å². The zero-order valence-corrected chi connectivity index (χ0v) is 10.2. The van der Waals surface area contributed by atoms with E-state index in [1.54, 1.807) is 0 Å². The van der Waals surface area contributed by atoms with E-state index in [-0.39, 0.29) is 6.10 Å². The van der Waals surface area contributed by atoms with Gasteiger partial charge >= 0.3 is 0 Å². The molecule has 2 atom stereocenters. The fourth-order valence-electron chi connectivity index (χ4n) is 2.34. The zero-order valence-electron chi connectivity index (χ0n) is 10.2. The van der Waals surface area contributed by atoms with Crippen molar-refractivity contribution in [2.45, 2.75) is 51.7 Å². The molecular formula is C12H26N2O. The van der Waals surface area contributed by atoms with E-state index >= 15 is 0 Å². The molecule has 0 amide bonds. The van der Waals surface area contributed by atoms with Gasteiger partial charge < -0.3 is 10.4 Å². The molecule has 2 N–H and O–H groups in total. The first kappa shape index (κ1) is 12.9. The maximum Gasteiger partial charge on any atom is 0.0639 e. The molecule has 1 aliphatic heterocycles. The molecule has 0 saturated carbocycles. The lowest BCUT2D eigenvalue weighted by Crippen LogP contribution is -2.45. The van der Waals surface area contributed by atoms with E-state index in [2.05, 4.69) is 17.1 Å². The molecular weight excluding hydrogens is 188 g/mol. The molecule has 0 aliphatic carbocycles. The Kier molecular flexibility index (Phi) is 6.22. The highest BCUT2D eigenvalue weighted by Crippen LogP contribution is 2.09. The van der Waals surface area contributed by atoms with Gasteiger partial charge in [-0.05, 0) is 39.3 Å². The van der Waals surface area contributed by atoms with Crippen LogP contribution in [0, 0.1) is 0 Å². The number of hydrogen-bond acceptors (Lipinski definition) is 3. The van der Waals surface area contributed by atoms with Gasteiger partial charge in [-0.1, -0.05) is 13.3 Å². The minimum absolute atomic E-state index is 0.208. The Morgan fingerprint density at radius 1 is 1.47 bits per heavy atom. The van der Waals surface area contributed by atoms with Crippen molar-refractivity contribution in [2.24, 2.45) is 0 Å². The zero-order chi connectivity index (χ0) is 11.1. The number of aliphatic hydroxyl groups excluding tert-OH is 1. The standard InChI is InChI=1S/C12H26N2O/c1-3-8-14(9-11(2)15)10-12-6-4-5-7-13-12/h11-13,15H,3-10H2,1-2H3/t11-,12?/m0/s1. The Labute approximate surface area is 93.9 Å². The summed E-state index contributed by atoms with van der Waals surface area (Å²) in [6.07, 6.45) is 4.92. The quantitative estimate of drug-likeness (QED) is 0.698. The molecule has 3 nitrogen and oxygen atoms in total. The summed E-state index contributed by atoms with van der Waals surface area (Å²) in [4.78, 5) is 2.38. The normalized spacial score (nSPS) is 24.4. The van der Waals surface area contributed by atoms with E-state index in [0.717, 1.165) is 19.6 Å². The predicted octanol–water partition coefficient (Wildman–Crippen LogP) is 1.22. The van der Waals surface area contributed by atoms with Crippen LogP contribution in [-0.4, -0.2) is 48.3 Å². The van der Waals surface area contributed by atoms with Gasteiger partial charge in [-0.3, -0.25) is 4.90 Å². The summed E-state index contributed by atoms with van der Waals surface area (Å²) in [6.45, 7) is 8.24. The van der Waals surface area contributed by atoms with Crippen LogP contribution in [0.25, 0.3) is 0 Å². The molecule has 15 heavy (non-hydrogen) atoms. The Morgan fingerprint density at radius 2 is 2.27 bits per heavy atom. The molecule has 1 heterocycles. The van der Waals surface area contributed by atoms with Crippen LogP contribution in [0.2, 0.25) is 0 Å². The SMILES string of the molecule is CCCN(CC1CCCCN1)C[C@H](C)O. The third-order valence-corrected chi connectivity index (χ3v) is 2.95. The Hall–Kier alpha value is -0.120. The minimum atomic E-state index is -0.208. The third kappa shape index (κ3) is 5.50. The molecule has 0 radical (unpaired) electrons. The lowest BCUT2D eigenvalue weighted by Gasteiger charge is -2.31. The molecule has 0 aromatic carbocycles. The summed E-state index contributed by atoms with van der Waals surface area (Å²) in [5, 5.41) is 13.0. The average Bonchev–Trinajstić information content (AvgIpc) is 2.18. The van der Waals surface area contributed by atoms with E-state index in [1.807, 2.05) is 6.92 Å². The van der Waals surface area contributed by atoms with E-state index < -0.39 is 0 Å². The molecule has 90 valence electrons. The maximum atomic E-state index is 9.42. The molecule has 1 saturated heterocycles. The Bertz CT molecular complexity index is 156. The van der Waals surface area contributed by atoms with Gasteiger partial charge in [0.1, 0.15) is 0 Å². The molecule has 1 rings (SSSR count). The lowest BCUT2D eigenvalue weighted by atomic mass is 10.0. The van der Waals surface area contributed by atoms with Crippen molar-refractivity contribution >= 4 is 0 Å². The number of nitrogens with zero attached hydrogens (tertiary/aromatic N) is 1. The van der Waals surface area contributed by atoms with Crippen LogP contribution >= 0.6 is 0 Å². The van der Waals surface area contributed by atoms with Crippen molar-refractivity contribution in [1.29, 1.82) is 0 Å². The van der Waals surface area contributed by atoms with Gasteiger partial charge in [0, 0.05) is 19.1 Å². The second kappa shape index (κ2) is 7.20. The molecule has 0 aromatic rings. The number of aliphatic hydroxyl groups is 1.